The molecule has 0 radical (unpaired) electrons. The summed E-state index contributed by atoms with van der Waals surface area (Å²) in [7, 11) is 0. The average Bonchev–Trinajstić information content (AvgIpc) is 2.34. The molecule has 1 unspecified atom stereocenters. The van der Waals surface area contributed by atoms with Crippen molar-refractivity contribution in [2.45, 2.75) is 25.8 Å². The highest BCUT2D eigenvalue weighted by molar-refractivity contribution is 6.30. The molecule has 0 bridgehead atoms. The number of hydrogen-bond donors (Lipinski definition) is 1. The van der Waals surface area contributed by atoms with Crippen LogP contribution in [0.3, 0.4) is 0 Å². The van der Waals surface area contributed by atoms with Crippen molar-refractivity contribution in [2.24, 2.45) is 5.73 Å². The summed E-state index contributed by atoms with van der Waals surface area (Å²) < 4.78 is 13.3. The van der Waals surface area contributed by atoms with E-state index in [1.807, 2.05) is 12.1 Å². The Morgan fingerprint density at radius 2 is 1.79 bits per heavy atom. The highest BCUT2D eigenvalue weighted by atomic mass is 35.5. The molecule has 1 atom stereocenters. The number of aryl methyl sites for hydroxylation is 1. The van der Waals surface area contributed by atoms with Gasteiger partial charge in [-0.05, 0) is 43.0 Å². The Balaban J connectivity index is 2.01. The number of nitrogens with two attached hydrogens (primary N) is 1. The van der Waals surface area contributed by atoms with Crippen molar-refractivity contribution in [3.8, 4) is 0 Å². The molecular formula is C16H17ClFN. The highest BCUT2D eigenvalue weighted by Gasteiger charge is 2.08. The fraction of sp³-hybridized carbons (Fsp3) is 0.250. The molecule has 0 aliphatic carbocycles. The third-order valence-electron chi connectivity index (χ3n) is 3.06. The second kappa shape index (κ2) is 6.18. The van der Waals surface area contributed by atoms with E-state index in [4.69, 9.17) is 17.3 Å². The number of halogens is 2. The van der Waals surface area contributed by atoms with E-state index < -0.39 is 0 Å². The van der Waals surface area contributed by atoms with E-state index in [1.54, 1.807) is 6.07 Å². The van der Waals surface area contributed by atoms with Gasteiger partial charge in [0, 0.05) is 6.04 Å². The molecule has 0 heterocycles. The fourth-order valence-electron chi connectivity index (χ4n) is 2.18. The molecule has 0 aliphatic heterocycles. The molecule has 0 saturated heterocycles. The van der Waals surface area contributed by atoms with Crippen LogP contribution in [0.4, 0.5) is 4.39 Å². The van der Waals surface area contributed by atoms with Crippen LogP contribution in [0.1, 0.15) is 16.7 Å². The Bertz CT molecular complexity index is 568. The first-order chi connectivity index (χ1) is 9.04. The number of hydrogen-bond acceptors (Lipinski definition) is 1. The van der Waals surface area contributed by atoms with Crippen molar-refractivity contribution < 1.29 is 4.39 Å². The summed E-state index contributed by atoms with van der Waals surface area (Å²) in [6, 6.07) is 13.1. The van der Waals surface area contributed by atoms with E-state index in [0.29, 0.717) is 6.42 Å². The van der Waals surface area contributed by atoms with Crippen LogP contribution in [0, 0.1) is 12.7 Å². The van der Waals surface area contributed by atoms with E-state index >= 15 is 0 Å². The third kappa shape index (κ3) is 4.05. The quantitative estimate of drug-likeness (QED) is 0.901. The molecule has 0 spiro atoms. The van der Waals surface area contributed by atoms with Crippen LogP contribution >= 0.6 is 11.6 Å². The Morgan fingerprint density at radius 3 is 2.42 bits per heavy atom. The molecule has 2 aromatic carbocycles. The van der Waals surface area contributed by atoms with Gasteiger partial charge in [0.25, 0.3) is 0 Å². The first kappa shape index (κ1) is 14.0. The predicted molar refractivity (Wildman–Crippen MR) is 78.0 cm³/mol. The Kier molecular flexibility index (Phi) is 4.56. The molecule has 3 heteroatoms. The van der Waals surface area contributed by atoms with Gasteiger partial charge >= 0.3 is 0 Å². The van der Waals surface area contributed by atoms with Crippen molar-refractivity contribution in [2.75, 3.05) is 0 Å². The third-order valence-corrected chi connectivity index (χ3v) is 3.37. The van der Waals surface area contributed by atoms with Gasteiger partial charge in [0.05, 0.1) is 5.02 Å². The lowest BCUT2D eigenvalue weighted by Gasteiger charge is -2.12. The maximum atomic E-state index is 13.3. The van der Waals surface area contributed by atoms with Crippen molar-refractivity contribution in [3.05, 3.63) is 70.0 Å². The van der Waals surface area contributed by atoms with Gasteiger partial charge < -0.3 is 5.73 Å². The van der Waals surface area contributed by atoms with Gasteiger partial charge in [-0.1, -0.05) is 47.5 Å². The van der Waals surface area contributed by atoms with Gasteiger partial charge in [0.1, 0.15) is 5.82 Å². The van der Waals surface area contributed by atoms with E-state index in [0.717, 1.165) is 12.0 Å². The minimum atomic E-state index is -0.387. The highest BCUT2D eigenvalue weighted by Crippen LogP contribution is 2.17. The molecule has 0 aromatic heterocycles. The van der Waals surface area contributed by atoms with Crippen LogP contribution in [0.2, 0.25) is 5.02 Å². The van der Waals surface area contributed by atoms with Gasteiger partial charge in [-0.2, -0.15) is 0 Å². The van der Waals surface area contributed by atoms with Crippen LogP contribution in [-0.2, 0) is 12.8 Å². The zero-order valence-electron chi connectivity index (χ0n) is 10.9. The maximum Gasteiger partial charge on any atom is 0.142 e. The summed E-state index contributed by atoms with van der Waals surface area (Å²) in [4.78, 5) is 0. The molecule has 19 heavy (non-hydrogen) atoms. The summed E-state index contributed by atoms with van der Waals surface area (Å²) in [6.07, 6.45) is 1.42. The molecular weight excluding hydrogens is 261 g/mol. The molecule has 2 aromatic rings. The van der Waals surface area contributed by atoms with Crippen LogP contribution in [0.25, 0.3) is 0 Å². The van der Waals surface area contributed by atoms with Crippen molar-refractivity contribution in [3.63, 3.8) is 0 Å². The molecule has 2 N–H and O–H groups in total. The molecule has 2 rings (SSSR count). The first-order valence-electron chi connectivity index (χ1n) is 6.29. The smallest absolute Gasteiger partial charge is 0.142 e. The lowest BCUT2D eigenvalue weighted by atomic mass is 9.99. The predicted octanol–water partition coefficient (Wildman–Crippen LogP) is 3.90. The van der Waals surface area contributed by atoms with Crippen molar-refractivity contribution in [1.29, 1.82) is 0 Å². The minimum absolute atomic E-state index is 0.0256. The second-order valence-electron chi connectivity index (χ2n) is 4.91. The second-order valence-corrected chi connectivity index (χ2v) is 5.31. The van der Waals surface area contributed by atoms with E-state index in [-0.39, 0.29) is 16.9 Å². The first-order valence-corrected chi connectivity index (χ1v) is 6.67. The normalized spacial score (nSPS) is 12.4. The monoisotopic (exact) mass is 277 g/mol. The summed E-state index contributed by atoms with van der Waals surface area (Å²) in [5.41, 5.74) is 9.43. The Labute approximate surface area is 118 Å². The summed E-state index contributed by atoms with van der Waals surface area (Å²) in [5, 5.41) is 0.149. The zero-order chi connectivity index (χ0) is 13.8. The zero-order valence-corrected chi connectivity index (χ0v) is 11.6. The molecule has 1 nitrogen and oxygen atoms in total. The standard InChI is InChI=1S/C16H17ClFN/c1-11-3-2-4-12(7-11)8-14(19)9-13-5-6-15(17)16(18)10-13/h2-7,10,14H,8-9,19H2,1H3. The van der Waals surface area contributed by atoms with Crippen LogP contribution in [0.5, 0.6) is 0 Å². The van der Waals surface area contributed by atoms with Gasteiger partial charge in [-0.15, -0.1) is 0 Å². The molecule has 0 fully saturated rings. The fourth-order valence-corrected chi connectivity index (χ4v) is 2.30. The van der Waals surface area contributed by atoms with E-state index in [2.05, 4.69) is 25.1 Å². The Hall–Kier alpha value is -1.38. The van der Waals surface area contributed by atoms with E-state index in [1.165, 1.54) is 17.2 Å². The lowest BCUT2D eigenvalue weighted by molar-refractivity contribution is 0.618. The van der Waals surface area contributed by atoms with Gasteiger partial charge in [-0.3, -0.25) is 0 Å². The molecule has 0 amide bonds. The summed E-state index contributed by atoms with van der Waals surface area (Å²) in [5.74, 6) is -0.387. The number of benzene rings is 2. The number of rotatable bonds is 4. The van der Waals surface area contributed by atoms with Gasteiger partial charge in [0.2, 0.25) is 0 Å². The van der Waals surface area contributed by atoms with Gasteiger partial charge in [0.15, 0.2) is 0 Å². The largest absolute Gasteiger partial charge is 0.327 e. The topological polar surface area (TPSA) is 26.0 Å². The van der Waals surface area contributed by atoms with Crippen molar-refractivity contribution >= 4 is 11.6 Å². The lowest BCUT2D eigenvalue weighted by Crippen LogP contribution is -2.25. The molecule has 0 saturated carbocycles. The van der Waals surface area contributed by atoms with Gasteiger partial charge in [-0.25, -0.2) is 4.39 Å². The maximum absolute atomic E-state index is 13.3. The molecule has 0 aliphatic rings. The van der Waals surface area contributed by atoms with Crippen LogP contribution in [0.15, 0.2) is 42.5 Å². The van der Waals surface area contributed by atoms with Crippen LogP contribution in [-0.4, -0.2) is 6.04 Å². The van der Waals surface area contributed by atoms with E-state index in [9.17, 15) is 4.39 Å². The van der Waals surface area contributed by atoms with Crippen LogP contribution < -0.4 is 5.73 Å². The molecule has 100 valence electrons. The summed E-state index contributed by atoms with van der Waals surface area (Å²) >= 11 is 5.66. The minimum Gasteiger partial charge on any atom is -0.327 e. The average molecular weight is 278 g/mol. The Morgan fingerprint density at radius 1 is 1.11 bits per heavy atom. The SMILES string of the molecule is Cc1cccc(CC(N)Cc2ccc(Cl)c(F)c2)c1. The van der Waals surface area contributed by atoms with Crippen molar-refractivity contribution in [1.82, 2.24) is 0 Å². The summed E-state index contributed by atoms with van der Waals surface area (Å²) in [6.45, 7) is 2.06.